The van der Waals surface area contributed by atoms with Gasteiger partial charge in [0.15, 0.2) is 0 Å². The van der Waals surface area contributed by atoms with Crippen molar-refractivity contribution in [3.63, 3.8) is 0 Å². The summed E-state index contributed by atoms with van der Waals surface area (Å²) in [5.41, 5.74) is 4.33. The first-order valence-corrected chi connectivity index (χ1v) is 14.2. The van der Waals surface area contributed by atoms with Gasteiger partial charge in [0, 0.05) is 6.61 Å². The predicted octanol–water partition coefficient (Wildman–Crippen LogP) is 10.1. The van der Waals surface area contributed by atoms with Gasteiger partial charge < -0.3 is 9.84 Å². The molecule has 0 aliphatic rings. The van der Waals surface area contributed by atoms with Crippen LogP contribution >= 0.6 is 0 Å². The van der Waals surface area contributed by atoms with Gasteiger partial charge in [0.05, 0.1) is 6.61 Å². The lowest BCUT2D eigenvalue weighted by Crippen LogP contribution is -2.13. The second kappa shape index (κ2) is 17.4. The molecule has 0 aliphatic carbocycles. The molecular formula is C31H56O2. The van der Waals surface area contributed by atoms with E-state index in [-0.39, 0.29) is 5.41 Å². The highest BCUT2D eigenvalue weighted by atomic mass is 16.5. The molecule has 0 bridgehead atoms. The second-order valence-corrected chi connectivity index (χ2v) is 11.3. The average Bonchev–Trinajstić information content (AvgIpc) is 2.76. The molecule has 192 valence electrons. The van der Waals surface area contributed by atoms with Crippen molar-refractivity contribution in [2.24, 2.45) is 0 Å². The van der Waals surface area contributed by atoms with E-state index in [0.717, 1.165) is 29.7 Å². The maximum atomic E-state index is 10.6. The van der Waals surface area contributed by atoms with E-state index in [2.05, 4.69) is 40.7 Å². The van der Waals surface area contributed by atoms with Gasteiger partial charge in [-0.05, 0) is 47.9 Å². The number of phenols is 1. The van der Waals surface area contributed by atoms with Gasteiger partial charge >= 0.3 is 0 Å². The largest absolute Gasteiger partial charge is 0.507 e. The Morgan fingerprint density at radius 3 is 1.55 bits per heavy atom. The topological polar surface area (TPSA) is 29.5 Å². The Morgan fingerprint density at radius 1 is 0.697 bits per heavy atom. The summed E-state index contributed by atoms with van der Waals surface area (Å²) in [5, 5.41) is 10.6. The molecule has 0 amide bonds. The molecule has 0 radical (unpaired) electrons. The van der Waals surface area contributed by atoms with E-state index in [4.69, 9.17) is 4.74 Å². The third-order valence-corrected chi connectivity index (χ3v) is 7.10. The summed E-state index contributed by atoms with van der Waals surface area (Å²) in [6.07, 6.45) is 22.3. The number of hydrogen-bond donors (Lipinski definition) is 1. The highest BCUT2D eigenvalue weighted by molar-refractivity contribution is 5.51. The lowest BCUT2D eigenvalue weighted by molar-refractivity contribution is 0.115. The first-order chi connectivity index (χ1) is 15.8. The Balaban J connectivity index is 2.00. The van der Waals surface area contributed by atoms with Crippen molar-refractivity contribution >= 4 is 0 Å². The van der Waals surface area contributed by atoms with E-state index in [9.17, 15) is 5.11 Å². The summed E-state index contributed by atoms with van der Waals surface area (Å²) < 4.78 is 5.97. The van der Waals surface area contributed by atoms with Crippen molar-refractivity contribution in [3.05, 3.63) is 28.3 Å². The van der Waals surface area contributed by atoms with Gasteiger partial charge in [0.1, 0.15) is 5.75 Å². The lowest BCUT2D eigenvalue weighted by atomic mass is 9.83. The maximum absolute atomic E-state index is 10.6. The van der Waals surface area contributed by atoms with Crippen LogP contribution in [0.5, 0.6) is 5.75 Å². The Labute approximate surface area is 206 Å². The summed E-state index contributed by atoms with van der Waals surface area (Å²) in [4.78, 5) is 0. The van der Waals surface area contributed by atoms with Gasteiger partial charge in [-0.1, -0.05) is 130 Å². The number of benzene rings is 1. The quantitative estimate of drug-likeness (QED) is 0.208. The minimum Gasteiger partial charge on any atom is -0.507 e. The fraction of sp³-hybridized carbons (Fsp3) is 0.806. The number of aromatic hydroxyl groups is 1. The fourth-order valence-corrected chi connectivity index (χ4v) is 4.73. The predicted molar refractivity (Wildman–Crippen MR) is 145 cm³/mol. The third-order valence-electron chi connectivity index (χ3n) is 7.10. The minimum absolute atomic E-state index is 0.0491. The number of aryl methyl sites for hydroxylation is 1. The highest BCUT2D eigenvalue weighted by Gasteiger charge is 2.22. The number of phenolic OH excluding ortho intramolecular Hbond substituents is 1. The molecule has 1 rings (SSSR count). The fourth-order valence-electron chi connectivity index (χ4n) is 4.73. The molecule has 2 nitrogen and oxygen atoms in total. The molecule has 0 aromatic heterocycles. The van der Waals surface area contributed by atoms with Gasteiger partial charge in [0.25, 0.3) is 0 Å². The van der Waals surface area contributed by atoms with Crippen LogP contribution in [0.2, 0.25) is 0 Å². The molecule has 0 atom stereocenters. The average molecular weight is 461 g/mol. The summed E-state index contributed by atoms with van der Waals surface area (Å²) in [6.45, 7) is 14.3. The molecule has 0 spiro atoms. The van der Waals surface area contributed by atoms with Crippen molar-refractivity contribution in [1.29, 1.82) is 0 Å². The highest BCUT2D eigenvalue weighted by Crippen LogP contribution is 2.36. The Hall–Kier alpha value is -1.02. The SMILES string of the molecule is CCCCCCCCCCCCCCCCCCOCc1c(C)cc(C(C)(C)C)c(O)c1C. The zero-order valence-corrected chi connectivity index (χ0v) is 23.2. The van der Waals surface area contributed by atoms with Crippen molar-refractivity contribution in [1.82, 2.24) is 0 Å². The van der Waals surface area contributed by atoms with E-state index >= 15 is 0 Å². The Bertz CT molecular complexity index is 627. The number of ether oxygens (including phenoxy) is 1. The van der Waals surface area contributed by atoms with Gasteiger partial charge in [0.2, 0.25) is 0 Å². The van der Waals surface area contributed by atoms with Gasteiger partial charge in [-0.2, -0.15) is 0 Å². The third kappa shape index (κ3) is 12.9. The Morgan fingerprint density at radius 2 is 1.12 bits per heavy atom. The van der Waals surface area contributed by atoms with Crippen LogP contribution in [0.4, 0.5) is 0 Å². The molecule has 0 heterocycles. The molecule has 1 aromatic carbocycles. The van der Waals surface area contributed by atoms with Crippen LogP contribution in [-0.4, -0.2) is 11.7 Å². The van der Waals surface area contributed by atoms with E-state index in [1.54, 1.807) is 0 Å². The van der Waals surface area contributed by atoms with E-state index < -0.39 is 0 Å². The number of hydrogen-bond acceptors (Lipinski definition) is 2. The monoisotopic (exact) mass is 460 g/mol. The van der Waals surface area contributed by atoms with Gasteiger partial charge in [-0.15, -0.1) is 0 Å². The molecule has 0 aliphatic heterocycles. The summed E-state index contributed by atoms with van der Waals surface area (Å²) in [7, 11) is 0. The lowest BCUT2D eigenvalue weighted by Gasteiger charge is -2.24. The number of rotatable bonds is 19. The van der Waals surface area contributed by atoms with Crippen LogP contribution < -0.4 is 0 Å². The molecule has 1 N–H and O–H groups in total. The first kappa shape index (κ1) is 30.0. The van der Waals surface area contributed by atoms with Crippen LogP contribution in [-0.2, 0) is 16.8 Å². The zero-order chi connectivity index (χ0) is 24.5. The van der Waals surface area contributed by atoms with Crippen LogP contribution in [0.15, 0.2) is 6.07 Å². The molecule has 2 heteroatoms. The van der Waals surface area contributed by atoms with E-state index in [0.29, 0.717) is 12.4 Å². The molecule has 0 fully saturated rings. The maximum Gasteiger partial charge on any atom is 0.122 e. The molecule has 33 heavy (non-hydrogen) atoms. The molecular weight excluding hydrogens is 404 g/mol. The molecule has 0 unspecified atom stereocenters. The van der Waals surface area contributed by atoms with E-state index in [1.165, 1.54) is 102 Å². The van der Waals surface area contributed by atoms with E-state index in [1.807, 2.05) is 6.92 Å². The first-order valence-electron chi connectivity index (χ1n) is 14.2. The number of unbranched alkanes of at least 4 members (excludes halogenated alkanes) is 15. The van der Waals surface area contributed by atoms with Crippen molar-refractivity contribution in [2.75, 3.05) is 6.61 Å². The van der Waals surface area contributed by atoms with Crippen LogP contribution in [0.1, 0.15) is 153 Å². The summed E-state index contributed by atoms with van der Waals surface area (Å²) in [5.74, 6) is 0.439. The van der Waals surface area contributed by atoms with Crippen LogP contribution in [0, 0.1) is 13.8 Å². The van der Waals surface area contributed by atoms with Crippen LogP contribution in [0.3, 0.4) is 0 Å². The smallest absolute Gasteiger partial charge is 0.122 e. The molecule has 1 aromatic rings. The summed E-state index contributed by atoms with van der Waals surface area (Å²) in [6, 6.07) is 2.13. The standard InChI is InChI=1S/C31H56O2/c1-7-8-9-10-11-12-13-14-15-16-17-18-19-20-21-22-23-33-25-28-26(2)24-29(31(4,5)6)30(32)27(28)3/h24,32H,7-23,25H2,1-6H3. The van der Waals surface area contributed by atoms with Crippen molar-refractivity contribution < 1.29 is 9.84 Å². The van der Waals surface area contributed by atoms with Crippen LogP contribution in [0.25, 0.3) is 0 Å². The Kier molecular flexibility index (Phi) is 15.8. The summed E-state index contributed by atoms with van der Waals surface area (Å²) >= 11 is 0. The second-order valence-electron chi connectivity index (χ2n) is 11.3. The zero-order valence-electron chi connectivity index (χ0n) is 23.2. The van der Waals surface area contributed by atoms with Gasteiger partial charge in [-0.3, -0.25) is 0 Å². The van der Waals surface area contributed by atoms with Crippen molar-refractivity contribution in [2.45, 2.75) is 156 Å². The minimum atomic E-state index is -0.0491. The van der Waals surface area contributed by atoms with Crippen molar-refractivity contribution in [3.8, 4) is 5.75 Å². The van der Waals surface area contributed by atoms with Gasteiger partial charge in [-0.25, -0.2) is 0 Å². The molecule has 0 saturated carbocycles. The molecule has 0 saturated heterocycles. The normalized spacial score (nSPS) is 11.9.